The summed E-state index contributed by atoms with van der Waals surface area (Å²) in [6.45, 7) is 2.11. The van der Waals surface area contributed by atoms with E-state index in [0.717, 1.165) is 0 Å². The molecule has 0 unspecified atom stereocenters. The Morgan fingerprint density at radius 1 is 0.794 bits per heavy atom. The Morgan fingerprint density at radius 3 is 2.00 bits per heavy atom. The first kappa shape index (κ1) is 24.7. The zero-order valence-electron chi connectivity index (χ0n) is 19.0. The summed E-state index contributed by atoms with van der Waals surface area (Å²) in [5, 5.41) is 2.63. The molecule has 1 amide bonds. The fourth-order valence-corrected chi connectivity index (χ4v) is 4.23. The number of anilines is 2. The van der Waals surface area contributed by atoms with Crippen molar-refractivity contribution in [2.24, 2.45) is 0 Å². The molecule has 34 heavy (non-hydrogen) atoms. The standard InChI is InChI=1S/C24H26N2O7S/c1-4-32-20-8-5-17(6-9-20)26-34(28,29)23-15-18(7-14-22(23)31-3)25-24(27)16-33-21-12-10-19(30-2)11-13-21/h5-15,26H,4,16H2,1-3H3,(H,25,27). The lowest BCUT2D eigenvalue weighted by atomic mass is 10.3. The second kappa shape index (κ2) is 11.3. The van der Waals surface area contributed by atoms with Crippen LogP contribution in [0.5, 0.6) is 23.0 Å². The number of rotatable bonds is 11. The van der Waals surface area contributed by atoms with Crippen LogP contribution in [-0.4, -0.2) is 41.8 Å². The van der Waals surface area contributed by atoms with Crippen molar-refractivity contribution in [3.05, 3.63) is 66.7 Å². The fourth-order valence-electron chi connectivity index (χ4n) is 2.98. The van der Waals surface area contributed by atoms with E-state index in [2.05, 4.69) is 10.0 Å². The normalized spacial score (nSPS) is 10.8. The molecular weight excluding hydrogens is 460 g/mol. The van der Waals surface area contributed by atoms with Crippen molar-refractivity contribution in [2.75, 3.05) is 37.5 Å². The van der Waals surface area contributed by atoms with Gasteiger partial charge in [-0.3, -0.25) is 9.52 Å². The molecule has 0 heterocycles. The van der Waals surface area contributed by atoms with E-state index in [1.165, 1.54) is 19.2 Å². The number of hydrogen-bond donors (Lipinski definition) is 2. The molecule has 0 saturated carbocycles. The van der Waals surface area contributed by atoms with Gasteiger partial charge in [0, 0.05) is 11.4 Å². The number of carbonyl (C=O) groups excluding carboxylic acids is 1. The van der Waals surface area contributed by atoms with Crippen LogP contribution in [0.25, 0.3) is 0 Å². The highest BCUT2D eigenvalue weighted by molar-refractivity contribution is 7.92. The molecule has 180 valence electrons. The van der Waals surface area contributed by atoms with E-state index in [0.29, 0.717) is 29.5 Å². The molecule has 3 rings (SSSR count). The van der Waals surface area contributed by atoms with E-state index in [4.69, 9.17) is 18.9 Å². The molecular formula is C24H26N2O7S. The summed E-state index contributed by atoms with van der Waals surface area (Å²) < 4.78 is 49.7. The SMILES string of the molecule is CCOc1ccc(NS(=O)(=O)c2cc(NC(=O)COc3ccc(OC)cc3)ccc2OC)cc1. The first-order valence-electron chi connectivity index (χ1n) is 10.3. The number of methoxy groups -OCH3 is 2. The lowest BCUT2D eigenvalue weighted by molar-refractivity contribution is -0.118. The number of benzene rings is 3. The predicted molar refractivity (Wildman–Crippen MR) is 129 cm³/mol. The third-order valence-electron chi connectivity index (χ3n) is 4.58. The third kappa shape index (κ3) is 6.55. The largest absolute Gasteiger partial charge is 0.497 e. The van der Waals surface area contributed by atoms with Gasteiger partial charge in [-0.15, -0.1) is 0 Å². The van der Waals surface area contributed by atoms with Crippen LogP contribution in [0.3, 0.4) is 0 Å². The maximum atomic E-state index is 13.0. The molecule has 0 radical (unpaired) electrons. The van der Waals surface area contributed by atoms with Crippen LogP contribution >= 0.6 is 0 Å². The third-order valence-corrected chi connectivity index (χ3v) is 5.99. The van der Waals surface area contributed by atoms with Gasteiger partial charge in [0.15, 0.2) is 6.61 Å². The van der Waals surface area contributed by atoms with Crippen LogP contribution in [0.2, 0.25) is 0 Å². The summed E-state index contributed by atoms with van der Waals surface area (Å²) in [7, 11) is -1.09. The van der Waals surface area contributed by atoms with Crippen LogP contribution in [0, 0.1) is 0 Å². The molecule has 0 bridgehead atoms. The summed E-state index contributed by atoms with van der Waals surface area (Å²) in [5.74, 6) is 1.47. The molecule has 3 aromatic rings. The smallest absolute Gasteiger partial charge is 0.265 e. The summed E-state index contributed by atoms with van der Waals surface area (Å²) in [6.07, 6.45) is 0. The summed E-state index contributed by atoms with van der Waals surface area (Å²) in [4.78, 5) is 12.2. The number of hydrogen-bond acceptors (Lipinski definition) is 7. The van der Waals surface area contributed by atoms with Crippen molar-refractivity contribution in [1.29, 1.82) is 0 Å². The van der Waals surface area contributed by atoms with Crippen LogP contribution in [-0.2, 0) is 14.8 Å². The van der Waals surface area contributed by atoms with E-state index in [1.54, 1.807) is 61.7 Å². The number of sulfonamides is 1. The fraction of sp³-hybridized carbons (Fsp3) is 0.208. The minimum atomic E-state index is -4.01. The molecule has 0 saturated heterocycles. The van der Waals surface area contributed by atoms with Gasteiger partial charge in [0.05, 0.1) is 20.8 Å². The molecule has 0 aliphatic rings. The second-order valence-corrected chi connectivity index (χ2v) is 8.59. The molecule has 0 fully saturated rings. The van der Waals surface area contributed by atoms with Gasteiger partial charge < -0.3 is 24.3 Å². The van der Waals surface area contributed by atoms with Crippen molar-refractivity contribution in [3.8, 4) is 23.0 Å². The highest BCUT2D eigenvalue weighted by Crippen LogP contribution is 2.29. The Kier molecular flexibility index (Phi) is 8.20. The highest BCUT2D eigenvalue weighted by atomic mass is 32.2. The van der Waals surface area contributed by atoms with Gasteiger partial charge >= 0.3 is 0 Å². The summed E-state index contributed by atoms with van der Waals surface area (Å²) >= 11 is 0. The molecule has 3 aromatic carbocycles. The Bertz CT molecular complexity index is 1210. The molecule has 0 aromatic heterocycles. The summed E-state index contributed by atoms with van der Waals surface area (Å²) in [5.41, 5.74) is 0.629. The zero-order chi connectivity index (χ0) is 24.6. The maximum absolute atomic E-state index is 13.0. The van der Waals surface area contributed by atoms with Crippen molar-refractivity contribution < 1.29 is 32.2 Å². The molecule has 0 atom stereocenters. The topological polar surface area (TPSA) is 112 Å². The number of nitrogens with one attached hydrogen (secondary N) is 2. The van der Waals surface area contributed by atoms with Crippen molar-refractivity contribution in [2.45, 2.75) is 11.8 Å². The number of amides is 1. The number of carbonyl (C=O) groups is 1. The lowest BCUT2D eigenvalue weighted by Crippen LogP contribution is -2.21. The van der Waals surface area contributed by atoms with E-state index in [9.17, 15) is 13.2 Å². The van der Waals surface area contributed by atoms with Crippen molar-refractivity contribution in [1.82, 2.24) is 0 Å². The van der Waals surface area contributed by atoms with Gasteiger partial charge in [-0.1, -0.05) is 0 Å². The molecule has 0 spiro atoms. The minimum absolute atomic E-state index is 0.127. The summed E-state index contributed by atoms with van der Waals surface area (Å²) in [6, 6.07) is 17.6. The lowest BCUT2D eigenvalue weighted by Gasteiger charge is -2.14. The van der Waals surface area contributed by atoms with Gasteiger partial charge in [0.2, 0.25) is 0 Å². The van der Waals surface area contributed by atoms with Gasteiger partial charge in [-0.25, -0.2) is 8.42 Å². The molecule has 10 heteroatoms. The van der Waals surface area contributed by atoms with Crippen LogP contribution < -0.4 is 29.0 Å². The number of ether oxygens (including phenoxy) is 4. The van der Waals surface area contributed by atoms with Gasteiger partial charge in [0.1, 0.15) is 27.9 Å². The second-order valence-electron chi connectivity index (χ2n) is 6.94. The van der Waals surface area contributed by atoms with Gasteiger partial charge in [-0.05, 0) is 73.7 Å². The van der Waals surface area contributed by atoms with E-state index >= 15 is 0 Å². The van der Waals surface area contributed by atoms with Crippen LogP contribution in [0.1, 0.15) is 6.92 Å². The Morgan fingerprint density at radius 2 is 1.38 bits per heavy atom. The quantitative estimate of drug-likeness (QED) is 0.422. The maximum Gasteiger partial charge on any atom is 0.265 e. The van der Waals surface area contributed by atoms with E-state index < -0.39 is 15.9 Å². The first-order valence-corrected chi connectivity index (χ1v) is 11.8. The average Bonchev–Trinajstić information content (AvgIpc) is 2.84. The Labute approximate surface area is 198 Å². The molecule has 0 aliphatic carbocycles. The molecule has 9 nitrogen and oxygen atoms in total. The van der Waals surface area contributed by atoms with Crippen LogP contribution in [0.15, 0.2) is 71.6 Å². The average molecular weight is 487 g/mol. The first-order chi connectivity index (χ1) is 16.3. The highest BCUT2D eigenvalue weighted by Gasteiger charge is 2.21. The Balaban J connectivity index is 1.70. The Hall–Kier alpha value is -3.92. The minimum Gasteiger partial charge on any atom is -0.497 e. The monoisotopic (exact) mass is 486 g/mol. The van der Waals surface area contributed by atoms with Crippen molar-refractivity contribution >= 4 is 27.3 Å². The molecule has 2 N–H and O–H groups in total. The van der Waals surface area contributed by atoms with Gasteiger partial charge in [0.25, 0.3) is 15.9 Å². The predicted octanol–water partition coefficient (Wildman–Crippen LogP) is 3.92. The van der Waals surface area contributed by atoms with Crippen molar-refractivity contribution in [3.63, 3.8) is 0 Å². The van der Waals surface area contributed by atoms with E-state index in [-0.39, 0.29) is 22.9 Å². The molecule has 0 aliphatic heterocycles. The van der Waals surface area contributed by atoms with Crippen LogP contribution in [0.4, 0.5) is 11.4 Å². The van der Waals surface area contributed by atoms with E-state index in [1.807, 2.05) is 6.92 Å². The zero-order valence-corrected chi connectivity index (χ0v) is 19.8. The van der Waals surface area contributed by atoms with Gasteiger partial charge in [-0.2, -0.15) is 0 Å².